The Morgan fingerprint density at radius 2 is 2.50 bits per heavy atom. The second-order valence-corrected chi connectivity index (χ2v) is 6.40. The fourth-order valence-corrected chi connectivity index (χ4v) is 3.82. The van der Waals surface area contributed by atoms with Crippen LogP contribution in [0.2, 0.25) is 0 Å². The molecule has 1 fully saturated rings. The van der Waals surface area contributed by atoms with Gasteiger partial charge >= 0.3 is 0 Å². The van der Waals surface area contributed by atoms with Gasteiger partial charge in [-0.3, -0.25) is 0 Å². The Bertz CT molecular complexity index is 334. The first kappa shape index (κ1) is 12.6. The Labute approximate surface area is 110 Å². The molecule has 0 aromatic carbocycles. The summed E-state index contributed by atoms with van der Waals surface area (Å²) in [6, 6.07) is 2.23. The van der Waals surface area contributed by atoms with Gasteiger partial charge in [0.2, 0.25) is 0 Å². The van der Waals surface area contributed by atoms with Gasteiger partial charge < -0.3 is 10.1 Å². The van der Waals surface area contributed by atoms with E-state index in [4.69, 9.17) is 4.74 Å². The number of nitrogens with one attached hydrogen (secondary N) is 1. The molecule has 1 unspecified atom stereocenters. The fourth-order valence-electron chi connectivity index (χ4n) is 2.20. The van der Waals surface area contributed by atoms with Crippen LogP contribution in [0.25, 0.3) is 0 Å². The molecule has 0 bridgehead atoms. The number of hydrogen-bond acceptors (Lipinski definition) is 3. The fraction of sp³-hybridized carbons (Fsp3) is 0.667. The molecule has 1 aromatic rings. The van der Waals surface area contributed by atoms with Crippen molar-refractivity contribution in [1.29, 1.82) is 0 Å². The predicted octanol–water partition coefficient (Wildman–Crippen LogP) is 3.07. The van der Waals surface area contributed by atoms with E-state index in [9.17, 15) is 0 Å². The monoisotopic (exact) mass is 303 g/mol. The van der Waals surface area contributed by atoms with Gasteiger partial charge in [0.25, 0.3) is 0 Å². The van der Waals surface area contributed by atoms with Crippen LogP contribution in [0.5, 0.6) is 0 Å². The molecule has 2 nitrogen and oxygen atoms in total. The van der Waals surface area contributed by atoms with Crippen LogP contribution >= 0.6 is 27.3 Å². The zero-order valence-electron chi connectivity index (χ0n) is 9.59. The molecule has 0 spiro atoms. The highest BCUT2D eigenvalue weighted by Gasteiger charge is 2.34. The zero-order valence-corrected chi connectivity index (χ0v) is 12.0. The summed E-state index contributed by atoms with van der Waals surface area (Å²) in [7, 11) is 0. The number of rotatable bonds is 5. The molecule has 2 rings (SSSR count). The maximum Gasteiger partial charge on any atom is 0.0538 e. The molecule has 0 saturated carbocycles. The normalized spacial score (nSPS) is 25.1. The summed E-state index contributed by atoms with van der Waals surface area (Å²) in [6.45, 7) is 6.08. The first-order chi connectivity index (χ1) is 7.74. The smallest absolute Gasteiger partial charge is 0.0538 e. The minimum Gasteiger partial charge on any atom is -0.381 e. The molecule has 0 radical (unpaired) electrons. The Kier molecular flexibility index (Phi) is 4.41. The molecular weight excluding hydrogens is 286 g/mol. The van der Waals surface area contributed by atoms with E-state index < -0.39 is 0 Å². The molecule has 4 heteroatoms. The standard InChI is InChI=1S/C12H18BrNOS/c1-2-14-8-12(3-4-15-9-12)6-11-5-10(13)7-16-11/h5,7,14H,2-4,6,8-9H2,1H3. The molecule has 0 amide bonds. The van der Waals surface area contributed by atoms with Crippen molar-refractivity contribution < 1.29 is 4.74 Å². The van der Waals surface area contributed by atoms with Crippen molar-refractivity contribution in [3.05, 3.63) is 20.8 Å². The molecule has 1 aromatic heterocycles. The minimum absolute atomic E-state index is 0.320. The van der Waals surface area contributed by atoms with E-state index in [0.29, 0.717) is 5.41 Å². The maximum atomic E-state index is 5.59. The third kappa shape index (κ3) is 3.06. The lowest BCUT2D eigenvalue weighted by Crippen LogP contribution is -2.36. The highest BCUT2D eigenvalue weighted by Crippen LogP contribution is 2.34. The predicted molar refractivity (Wildman–Crippen MR) is 72.1 cm³/mol. The third-order valence-corrected chi connectivity index (χ3v) is 4.80. The van der Waals surface area contributed by atoms with Gasteiger partial charge in [-0.1, -0.05) is 6.92 Å². The van der Waals surface area contributed by atoms with Crippen molar-refractivity contribution in [2.45, 2.75) is 19.8 Å². The van der Waals surface area contributed by atoms with Crippen molar-refractivity contribution in [1.82, 2.24) is 5.32 Å². The Morgan fingerprint density at radius 3 is 3.06 bits per heavy atom. The van der Waals surface area contributed by atoms with Gasteiger partial charge in [-0.25, -0.2) is 0 Å². The van der Waals surface area contributed by atoms with Crippen LogP contribution in [0.3, 0.4) is 0 Å². The molecule has 1 atom stereocenters. The Hall–Kier alpha value is 0.1000. The number of halogens is 1. The van der Waals surface area contributed by atoms with E-state index >= 15 is 0 Å². The van der Waals surface area contributed by atoms with Crippen LogP contribution < -0.4 is 5.32 Å². The summed E-state index contributed by atoms with van der Waals surface area (Å²) >= 11 is 5.35. The van der Waals surface area contributed by atoms with Gasteiger partial charge in [-0.15, -0.1) is 11.3 Å². The molecule has 0 aliphatic carbocycles. The molecular formula is C12H18BrNOS. The average Bonchev–Trinajstić information content (AvgIpc) is 2.87. The lowest BCUT2D eigenvalue weighted by molar-refractivity contribution is 0.150. The molecule has 2 heterocycles. The van der Waals surface area contributed by atoms with Gasteiger partial charge in [-0.05, 0) is 41.4 Å². The van der Waals surface area contributed by atoms with Gasteiger partial charge in [-0.2, -0.15) is 0 Å². The average molecular weight is 304 g/mol. The highest BCUT2D eigenvalue weighted by molar-refractivity contribution is 9.10. The summed E-state index contributed by atoms with van der Waals surface area (Å²) in [5.74, 6) is 0. The van der Waals surface area contributed by atoms with Crippen molar-refractivity contribution in [2.75, 3.05) is 26.3 Å². The van der Waals surface area contributed by atoms with Crippen LogP contribution in [0.4, 0.5) is 0 Å². The quantitative estimate of drug-likeness (QED) is 0.902. The highest BCUT2D eigenvalue weighted by atomic mass is 79.9. The van der Waals surface area contributed by atoms with Crippen molar-refractivity contribution in [2.24, 2.45) is 5.41 Å². The topological polar surface area (TPSA) is 21.3 Å². The summed E-state index contributed by atoms with van der Waals surface area (Å²) in [5.41, 5.74) is 0.320. The Balaban J connectivity index is 2.02. The van der Waals surface area contributed by atoms with Gasteiger partial charge in [0, 0.05) is 33.3 Å². The van der Waals surface area contributed by atoms with E-state index in [1.165, 1.54) is 15.8 Å². The van der Waals surface area contributed by atoms with Crippen molar-refractivity contribution >= 4 is 27.3 Å². The Morgan fingerprint density at radius 1 is 1.62 bits per heavy atom. The third-order valence-electron chi connectivity index (χ3n) is 3.11. The lowest BCUT2D eigenvalue weighted by atomic mass is 9.83. The second kappa shape index (κ2) is 5.63. The van der Waals surface area contributed by atoms with E-state index in [1.807, 2.05) is 11.3 Å². The largest absolute Gasteiger partial charge is 0.381 e. The number of ether oxygens (including phenoxy) is 1. The van der Waals surface area contributed by atoms with Crippen LogP contribution in [-0.4, -0.2) is 26.3 Å². The SMILES string of the molecule is CCNCC1(Cc2cc(Br)cs2)CCOC1. The molecule has 16 heavy (non-hydrogen) atoms. The van der Waals surface area contributed by atoms with Gasteiger partial charge in [0.1, 0.15) is 0 Å². The van der Waals surface area contributed by atoms with Crippen LogP contribution in [-0.2, 0) is 11.2 Å². The lowest BCUT2D eigenvalue weighted by Gasteiger charge is -2.27. The van der Waals surface area contributed by atoms with Crippen LogP contribution in [0.1, 0.15) is 18.2 Å². The minimum atomic E-state index is 0.320. The first-order valence-electron chi connectivity index (χ1n) is 5.75. The summed E-state index contributed by atoms with van der Waals surface area (Å²) < 4.78 is 6.79. The molecule has 1 aliphatic heterocycles. The second-order valence-electron chi connectivity index (χ2n) is 4.49. The van der Waals surface area contributed by atoms with Crippen molar-refractivity contribution in [3.8, 4) is 0 Å². The number of thiophene rings is 1. The van der Waals surface area contributed by atoms with E-state index in [-0.39, 0.29) is 0 Å². The molecule has 1 saturated heterocycles. The summed E-state index contributed by atoms with van der Waals surface area (Å²) in [4.78, 5) is 1.45. The van der Waals surface area contributed by atoms with Gasteiger partial charge in [0.05, 0.1) is 6.61 Å². The zero-order chi connectivity index (χ0) is 11.4. The summed E-state index contributed by atoms with van der Waals surface area (Å²) in [6.07, 6.45) is 2.31. The van der Waals surface area contributed by atoms with Crippen LogP contribution in [0.15, 0.2) is 15.9 Å². The van der Waals surface area contributed by atoms with E-state index in [1.54, 1.807) is 0 Å². The molecule has 1 N–H and O–H groups in total. The number of hydrogen-bond donors (Lipinski definition) is 1. The molecule has 90 valence electrons. The van der Waals surface area contributed by atoms with Crippen LogP contribution in [0, 0.1) is 5.41 Å². The van der Waals surface area contributed by atoms with E-state index in [2.05, 4.69) is 39.6 Å². The van der Waals surface area contributed by atoms with E-state index in [0.717, 1.165) is 32.7 Å². The first-order valence-corrected chi connectivity index (χ1v) is 7.43. The molecule has 1 aliphatic rings. The maximum absolute atomic E-state index is 5.59. The van der Waals surface area contributed by atoms with Gasteiger partial charge in [0.15, 0.2) is 0 Å². The van der Waals surface area contributed by atoms with Crippen molar-refractivity contribution in [3.63, 3.8) is 0 Å². The summed E-state index contributed by atoms with van der Waals surface area (Å²) in [5, 5.41) is 5.63.